The van der Waals surface area contributed by atoms with E-state index in [2.05, 4.69) is 10.0 Å². The van der Waals surface area contributed by atoms with Gasteiger partial charge in [-0.15, -0.1) is 0 Å². The maximum absolute atomic E-state index is 13.2. The molecule has 1 heterocycles. The summed E-state index contributed by atoms with van der Waals surface area (Å²) in [7, 11) is -1.96. The number of nitrogens with one attached hydrogen (secondary N) is 2. The van der Waals surface area contributed by atoms with Crippen molar-refractivity contribution in [1.82, 2.24) is 5.32 Å². The van der Waals surface area contributed by atoms with E-state index < -0.39 is 15.8 Å². The topological polar surface area (TPSA) is 88.4 Å². The molecule has 2 N–H and O–H groups in total. The van der Waals surface area contributed by atoms with Crippen molar-refractivity contribution in [2.75, 3.05) is 18.0 Å². The van der Waals surface area contributed by atoms with Crippen LogP contribution in [-0.2, 0) is 10.0 Å². The number of fused-ring (bicyclic) bond motifs is 1. The quantitative estimate of drug-likeness (QED) is 0.731. The molecule has 6 nitrogen and oxygen atoms in total. The zero-order valence-corrected chi connectivity index (χ0v) is 15.2. The lowest BCUT2D eigenvalue weighted by Gasteiger charge is -2.07. The molecule has 8 heteroatoms. The molecule has 3 rings (SSSR count). The van der Waals surface area contributed by atoms with Crippen molar-refractivity contribution >= 4 is 32.6 Å². The zero-order valence-electron chi connectivity index (χ0n) is 14.4. The summed E-state index contributed by atoms with van der Waals surface area (Å²) in [5.74, 6) is -0.469. The molecule has 0 aliphatic rings. The lowest BCUT2D eigenvalue weighted by Crippen LogP contribution is -2.18. The molecule has 136 valence electrons. The van der Waals surface area contributed by atoms with Gasteiger partial charge in [-0.3, -0.25) is 9.52 Å². The number of furan rings is 1. The molecule has 0 bridgehead atoms. The van der Waals surface area contributed by atoms with Crippen LogP contribution in [0.25, 0.3) is 22.3 Å². The van der Waals surface area contributed by atoms with Crippen LogP contribution in [0.3, 0.4) is 0 Å². The third kappa shape index (κ3) is 3.41. The molecule has 0 aliphatic heterocycles. The Kier molecular flexibility index (Phi) is 4.45. The summed E-state index contributed by atoms with van der Waals surface area (Å²) in [5, 5.41) is 3.11. The van der Waals surface area contributed by atoms with Gasteiger partial charge < -0.3 is 9.73 Å². The third-order valence-electron chi connectivity index (χ3n) is 3.89. The van der Waals surface area contributed by atoms with Gasteiger partial charge in [-0.1, -0.05) is 0 Å². The van der Waals surface area contributed by atoms with Crippen LogP contribution in [0, 0.1) is 12.7 Å². The van der Waals surface area contributed by atoms with E-state index in [-0.39, 0.29) is 11.7 Å². The molecule has 0 saturated carbocycles. The molecule has 3 aromatic rings. The second kappa shape index (κ2) is 6.45. The number of hydrogen-bond donors (Lipinski definition) is 2. The number of anilines is 1. The summed E-state index contributed by atoms with van der Waals surface area (Å²) in [6.45, 7) is 1.73. The van der Waals surface area contributed by atoms with Gasteiger partial charge in [0, 0.05) is 24.1 Å². The van der Waals surface area contributed by atoms with Crippen molar-refractivity contribution in [2.45, 2.75) is 6.92 Å². The van der Waals surface area contributed by atoms with Gasteiger partial charge in [0.05, 0.1) is 17.5 Å². The number of carbonyl (C=O) groups is 1. The number of amides is 1. The highest BCUT2D eigenvalue weighted by Gasteiger charge is 2.22. The molecule has 0 atom stereocenters. The van der Waals surface area contributed by atoms with Crippen LogP contribution in [0.5, 0.6) is 0 Å². The minimum atomic E-state index is -3.46. The first-order valence-corrected chi connectivity index (χ1v) is 9.61. The molecular weight excluding hydrogens is 359 g/mol. The Morgan fingerprint density at radius 2 is 1.81 bits per heavy atom. The van der Waals surface area contributed by atoms with E-state index in [4.69, 9.17) is 4.42 Å². The smallest absolute Gasteiger partial charge is 0.255 e. The second-order valence-electron chi connectivity index (χ2n) is 5.93. The molecule has 0 radical (unpaired) electrons. The van der Waals surface area contributed by atoms with E-state index in [0.717, 1.165) is 6.26 Å². The Bertz CT molecular complexity index is 1100. The minimum absolute atomic E-state index is 0.287. The van der Waals surface area contributed by atoms with Gasteiger partial charge in [-0.25, -0.2) is 12.8 Å². The molecule has 2 aromatic carbocycles. The number of rotatable bonds is 4. The van der Waals surface area contributed by atoms with Crippen molar-refractivity contribution in [2.24, 2.45) is 0 Å². The van der Waals surface area contributed by atoms with Gasteiger partial charge in [-0.2, -0.15) is 0 Å². The maximum Gasteiger partial charge on any atom is 0.255 e. The van der Waals surface area contributed by atoms with Crippen LogP contribution in [0.1, 0.15) is 15.9 Å². The SMILES string of the molecule is CNC(=O)c1c(-c2ccc(F)cc2)oc2cc(NS(C)(=O)=O)c(C)cc12. The van der Waals surface area contributed by atoms with Crippen molar-refractivity contribution in [3.63, 3.8) is 0 Å². The number of halogens is 1. The molecule has 0 spiro atoms. The van der Waals surface area contributed by atoms with Crippen molar-refractivity contribution in [3.05, 3.63) is 53.3 Å². The normalized spacial score (nSPS) is 11.5. The fraction of sp³-hybridized carbons (Fsp3) is 0.167. The number of aryl methyl sites for hydroxylation is 1. The van der Waals surface area contributed by atoms with Crippen LogP contribution < -0.4 is 10.0 Å². The third-order valence-corrected chi connectivity index (χ3v) is 4.48. The van der Waals surface area contributed by atoms with Gasteiger partial charge >= 0.3 is 0 Å². The van der Waals surface area contributed by atoms with Gasteiger partial charge in [0.1, 0.15) is 17.2 Å². The Hall–Kier alpha value is -2.87. The maximum atomic E-state index is 13.2. The Labute approximate surface area is 150 Å². The summed E-state index contributed by atoms with van der Waals surface area (Å²) in [5.41, 5.74) is 2.20. The number of carbonyl (C=O) groups excluding carboxylic acids is 1. The van der Waals surface area contributed by atoms with E-state index in [1.54, 1.807) is 13.0 Å². The lowest BCUT2D eigenvalue weighted by molar-refractivity contribution is 0.0964. The Morgan fingerprint density at radius 1 is 1.15 bits per heavy atom. The van der Waals surface area contributed by atoms with Crippen molar-refractivity contribution < 1.29 is 22.0 Å². The highest BCUT2D eigenvalue weighted by molar-refractivity contribution is 7.92. The minimum Gasteiger partial charge on any atom is -0.455 e. The summed E-state index contributed by atoms with van der Waals surface area (Å²) in [4.78, 5) is 12.4. The standard InChI is InChI=1S/C18H17FN2O4S/c1-10-8-13-15(9-14(10)21-26(3,23)24)25-17(16(13)18(22)20-2)11-4-6-12(19)7-5-11/h4-9,21H,1-3H3,(H,20,22). The van der Waals surface area contributed by atoms with Crippen LogP contribution in [0.2, 0.25) is 0 Å². The highest BCUT2D eigenvalue weighted by atomic mass is 32.2. The fourth-order valence-electron chi connectivity index (χ4n) is 2.72. The number of benzene rings is 2. The van der Waals surface area contributed by atoms with Crippen LogP contribution >= 0.6 is 0 Å². The summed E-state index contributed by atoms with van der Waals surface area (Å²) in [6, 6.07) is 8.80. The summed E-state index contributed by atoms with van der Waals surface area (Å²) < 4.78 is 44.5. The lowest BCUT2D eigenvalue weighted by atomic mass is 10.0. The van der Waals surface area contributed by atoms with Crippen molar-refractivity contribution in [3.8, 4) is 11.3 Å². The van der Waals surface area contributed by atoms with E-state index in [1.165, 1.54) is 37.4 Å². The highest BCUT2D eigenvalue weighted by Crippen LogP contribution is 2.36. The Balaban J connectivity index is 2.27. The first kappa shape index (κ1) is 17.9. The van der Waals surface area contributed by atoms with Gasteiger partial charge in [-0.05, 0) is 42.8 Å². The first-order chi connectivity index (χ1) is 12.2. The van der Waals surface area contributed by atoms with E-state index in [0.29, 0.717) is 33.3 Å². The fourth-order valence-corrected chi connectivity index (χ4v) is 3.34. The van der Waals surface area contributed by atoms with E-state index in [9.17, 15) is 17.6 Å². The Morgan fingerprint density at radius 3 is 2.38 bits per heavy atom. The first-order valence-electron chi connectivity index (χ1n) is 7.72. The van der Waals surface area contributed by atoms with Crippen LogP contribution in [0.4, 0.5) is 10.1 Å². The summed E-state index contributed by atoms with van der Waals surface area (Å²) >= 11 is 0. The van der Waals surface area contributed by atoms with Crippen LogP contribution in [-0.4, -0.2) is 27.6 Å². The monoisotopic (exact) mass is 376 g/mol. The summed E-state index contributed by atoms with van der Waals surface area (Å²) in [6.07, 6.45) is 1.05. The molecule has 0 unspecified atom stereocenters. The zero-order chi connectivity index (χ0) is 19.1. The van der Waals surface area contributed by atoms with E-state index in [1.807, 2.05) is 0 Å². The van der Waals surface area contributed by atoms with Crippen molar-refractivity contribution in [1.29, 1.82) is 0 Å². The molecule has 0 fully saturated rings. The van der Waals surface area contributed by atoms with E-state index >= 15 is 0 Å². The molecule has 0 saturated heterocycles. The molecule has 0 aliphatic carbocycles. The molecule has 1 amide bonds. The second-order valence-corrected chi connectivity index (χ2v) is 7.68. The molecule has 1 aromatic heterocycles. The molecule has 26 heavy (non-hydrogen) atoms. The van der Waals surface area contributed by atoms with Gasteiger partial charge in [0.15, 0.2) is 0 Å². The predicted octanol–water partition coefficient (Wildman–Crippen LogP) is 3.28. The number of sulfonamides is 1. The van der Waals surface area contributed by atoms with Crippen LogP contribution in [0.15, 0.2) is 40.8 Å². The average Bonchev–Trinajstić information content (AvgIpc) is 2.92. The van der Waals surface area contributed by atoms with Gasteiger partial charge in [0.2, 0.25) is 10.0 Å². The largest absolute Gasteiger partial charge is 0.455 e. The predicted molar refractivity (Wildman–Crippen MR) is 98.2 cm³/mol. The van der Waals surface area contributed by atoms with Gasteiger partial charge in [0.25, 0.3) is 5.91 Å². The molecular formula is C18H17FN2O4S. The number of hydrogen-bond acceptors (Lipinski definition) is 4. The average molecular weight is 376 g/mol.